The van der Waals surface area contributed by atoms with Gasteiger partial charge in [-0.2, -0.15) is 13.2 Å². The molecule has 0 heterocycles. The molecule has 0 aliphatic heterocycles. The average molecular weight is 323 g/mol. The van der Waals surface area contributed by atoms with Gasteiger partial charge in [0.25, 0.3) is 5.91 Å². The van der Waals surface area contributed by atoms with E-state index in [-0.39, 0.29) is 35.4 Å². The van der Waals surface area contributed by atoms with Gasteiger partial charge in [0.1, 0.15) is 6.61 Å². The smallest absolute Gasteiger partial charge is 0.446 e. The van der Waals surface area contributed by atoms with Crippen LogP contribution < -0.4 is 5.32 Å². The SMILES string of the molecule is O=C(O)COCCNC(=O)c1ccccc1SC(F)(F)F. The van der Waals surface area contributed by atoms with E-state index in [9.17, 15) is 22.8 Å². The lowest BCUT2D eigenvalue weighted by atomic mass is 10.2. The number of rotatable bonds is 7. The fourth-order valence-corrected chi connectivity index (χ4v) is 2.03. The Kier molecular flexibility index (Phi) is 6.50. The maximum Gasteiger partial charge on any atom is 0.446 e. The van der Waals surface area contributed by atoms with Crippen LogP contribution in [0.1, 0.15) is 10.4 Å². The van der Waals surface area contributed by atoms with Gasteiger partial charge in [-0.3, -0.25) is 4.79 Å². The second kappa shape index (κ2) is 7.89. The van der Waals surface area contributed by atoms with Crippen LogP contribution in [-0.4, -0.2) is 42.2 Å². The quantitative estimate of drug-likeness (QED) is 0.594. The van der Waals surface area contributed by atoms with Gasteiger partial charge in [-0.1, -0.05) is 12.1 Å². The zero-order valence-corrected chi connectivity index (χ0v) is 11.5. The van der Waals surface area contributed by atoms with Gasteiger partial charge >= 0.3 is 11.5 Å². The number of carbonyl (C=O) groups is 2. The van der Waals surface area contributed by atoms with Crippen molar-refractivity contribution in [2.24, 2.45) is 0 Å². The van der Waals surface area contributed by atoms with E-state index in [1.54, 1.807) is 0 Å². The van der Waals surface area contributed by atoms with Crippen molar-refractivity contribution in [3.05, 3.63) is 29.8 Å². The van der Waals surface area contributed by atoms with Crippen LogP contribution in [0.2, 0.25) is 0 Å². The van der Waals surface area contributed by atoms with E-state index in [1.807, 2.05) is 0 Å². The van der Waals surface area contributed by atoms with Crippen molar-refractivity contribution in [3.8, 4) is 0 Å². The summed E-state index contributed by atoms with van der Waals surface area (Å²) < 4.78 is 41.8. The standard InChI is InChI=1S/C12H12F3NO4S/c13-12(14,15)21-9-4-2-1-3-8(9)11(19)16-5-6-20-7-10(17)18/h1-4H,5-7H2,(H,16,19)(H,17,18). The summed E-state index contributed by atoms with van der Waals surface area (Å²) in [4.78, 5) is 21.8. The Labute approximate surface area is 122 Å². The highest BCUT2D eigenvalue weighted by Crippen LogP contribution is 2.38. The molecule has 0 fully saturated rings. The van der Waals surface area contributed by atoms with Gasteiger partial charge in [0.05, 0.1) is 12.2 Å². The van der Waals surface area contributed by atoms with E-state index in [2.05, 4.69) is 5.32 Å². The summed E-state index contributed by atoms with van der Waals surface area (Å²) in [6.45, 7) is -0.555. The summed E-state index contributed by atoms with van der Waals surface area (Å²) in [7, 11) is 0. The Morgan fingerprint density at radius 3 is 2.57 bits per heavy atom. The third-order valence-electron chi connectivity index (χ3n) is 2.11. The molecule has 1 rings (SSSR count). The molecule has 0 bridgehead atoms. The van der Waals surface area contributed by atoms with Crippen LogP contribution >= 0.6 is 11.8 Å². The lowest BCUT2D eigenvalue weighted by Crippen LogP contribution is -2.28. The van der Waals surface area contributed by atoms with Crippen molar-refractivity contribution in [3.63, 3.8) is 0 Å². The molecule has 0 aliphatic rings. The molecule has 0 spiro atoms. The molecule has 2 N–H and O–H groups in total. The van der Waals surface area contributed by atoms with Gasteiger partial charge in [-0.05, 0) is 23.9 Å². The predicted octanol–water partition coefficient (Wildman–Crippen LogP) is 2.13. The van der Waals surface area contributed by atoms with Gasteiger partial charge in [-0.25, -0.2) is 4.79 Å². The topological polar surface area (TPSA) is 75.6 Å². The molecule has 21 heavy (non-hydrogen) atoms. The zero-order valence-electron chi connectivity index (χ0n) is 10.6. The Morgan fingerprint density at radius 1 is 1.29 bits per heavy atom. The number of thioether (sulfide) groups is 1. The maximum atomic E-state index is 12.4. The minimum atomic E-state index is -4.49. The highest BCUT2D eigenvalue weighted by molar-refractivity contribution is 8.00. The molecule has 0 unspecified atom stereocenters. The highest BCUT2D eigenvalue weighted by Gasteiger charge is 2.31. The second-order valence-corrected chi connectivity index (χ2v) is 4.85. The van der Waals surface area contributed by atoms with Gasteiger partial charge in [-0.15, -0.1) is 0 Å². The first-order chi connectivity index (χ1) is 9.79. The van der Waals surface area contributed by atoms with Gasteiger partial charge in [0.2, 0.25) is 0 Å². The van der Waals surface area contributed by atoms with E-state index in [0.29, 0.717) is 0 Å². The Balaban J connectivity index is 2.56. The monoisotopic (exact) mass is 323 g/mol. The number of hydrogen-bond donors (Lipinski definition) is 2. The van der Waals surface area contributed by atoms with Crippen molar-refractivity contribution in [2.45, 2.75) is 10.4 Å². The van der Waals surface area contributed by atoms with Crippen molar-refractivity contribution >= 4 is 23.6 Å². The number of carbonyl (C=O) groups excluding carboxylic acids is 1. The first-order valence-electron chi connectivity index (χ1n) is 5.72. The van der Waals surface area contributed by atoms with E-state index in [1.165, 1.54) is 24.3 Å². The lowest BCUT2D eigenvalue weighted by molar-refractivity contribution is -0.142. The fraction of sp³-hybridized carbons (Fsp3) is 0.333. The first-order valence-corrected chi connectivity index (χ1v) is 6.54. The van der Waals surface area contributed by atoms with Crippen molar-refractivity contribution in [1.82, 2.24) is 5.32 Å². The van der Waals surface area contributed by atoms with Crippen LogP contribution in [0.5, 0.6) is 0 Å². The number of benzene rings is 1. The third-order valence-corrected chi connectivity index (χ3v) is 2.92. The lowest BCUT2D eigenvalue weighted by Gasteiger charge is -2.11. The van der Waals surface area contributed by atoms with E-state index >= 15 is 0 Å². The predicted molar refractivity (Wildman–Crippen MR) is 69.1 cm³/mol. The molecule has 1 aromatic carbocycles. The van der Waals surface area contributed by atoms with Crippen molar-refractivity contribution in [1.29, 1.82) is 0 Å². The maximum absolute atomic E-state index is 12.4. The molecule has 0 aliphatic carbocycles. The van der Waals surface area contributed by atoms with Gasteiger partial charge in [0, 0.05) is 11.4 Å². The zero-order chi connectivity index (χ0) is 15.9. The van der Waals surface area contributed by atoms with E-state index in [4.69, 9.17) is 9.84 Å². The number of carboxylic acids is 1. The number of amides is 1. The fourth-order valence-electron chi connectivity index (χ4n) is 1.36. The molecule has 116 valence electrons. The number of carboxylic acid groups (broad SMARTS) is 1. The molecule has 9 heteroatoms. The van der Waals surface area contributed by atoms with Crippen LogP contribution in [0.15, 0.2) is 29.2 Å². The second-order valence-electron chi connectivity index (χ2n) is 3.75. The minimum Gasteiger partial charge on any atom is -0.480 e. The largest absolute Gasteiger partial charge is 0.480 e. The number of ether oxygens (including phenoxy) is 1. The number of alkyl halides is 3. The first kappa shape index (κ1) is 17.3. The molecule has 0 saturated heterocycles. The Bertz CT molecular complexity index is 508. The van der Waals surface area contributed by atoms with Crippen LogP contribution in [0.4, 0.5) is 13.2 Å². The molecule has 1 aromatic rings. The van der Waals surface area contributed by atoms with Crippen molar-refractivity contribution in [2.75, 3.05) is 19.8 Å². The molecular formula is C12H12F3NO4S. The summed E-state index contributed by atoms with van der Waals surface area (Å²) in [6.07, 6.45) is 0. The molecule has 0 saturated carbocycles. The van der Waals surface area contributed by atoms with Gasteiger partial charge < -0.3 is 15.2 Å². The summed E-state index contributed by atoms with van der Waals surface area (Å²) in [6, 6.07) is 5.34. The number of halogens is 3. The number of hydrogen-bond acceptors (Lipinski definition) is 4. The Morgan fingerprint density at radius 2 is 1.95 bits per heavy atom. The molecular weight excluding hydrogens is 311 g/mol. The van der Waals surface area contributed by atoms with E-state index < -0.39 is 24.0 Å². The minimum absolute atomic E-state index is 0.00285. The van der Waals surface area contributed by atoms with Crippen molar-refractivity contribution < 1.29 is 32.6 Å². The van der Waals surface area contributed by atoms with E-state index in [0.717, 1.165) is 0 Å². The molecule has 0 atom stereocenters. The molecule has 0 aromatic heterocycles. The normalized spacial score (nSPS) is 11.2. The highest BCUT2D eigenvalue weighted by atomic mass is 32.2. The summed E-state index contributed by atoms with van der Waals surface area (Å²) in [5, 5.41) is 10.7. The summed E-state index contributed by atoms with van der Waals surface area (Å²) in [5.74, 6) is -1.82. The van der Waals surface area contributed by atoms with Crippen LogP contribution in [-0.2, 0) is 9.53 Å². The third kappa shape index (κ3) is 7.00. The molecule has 5 nitrogen and oxygen atoms in total. The summed E-state index contributed by atoms with van der Waals surface area (Å²) >= 11 is -0.366. The number of nitrogens with one attached hydrogen (secondary N) is 1. The average Bonchev–Trinajstić information content (AvgIpc) is 2.36. The Hall–Kier alpha value is -1.74. The molecule has 1 amide bonds. The number of aliphatic carboxylic acids is 1. The van der Waals surface area contributed by atoms with Crippen LogP contribution in [0.25, 0.3) is 0 Å². The summed E-state index contributed by atoms with van der Waals surface area (Å²) in [5.41, 5.74) is -4.58. The molecule has 0 radical (unpaired) electrons. The van der Waals surface area contributed by atoms with Gasteiger partial charge in [0.15, 0.2) is 0 Å². The van der Waals surface area contributed by atoms with Crippen LogP contribution in [0, 0.1) is 0 Å². The van der Waals surface area contributed by atoms with Crippen LogP contribution in [0.3, 0.4) is 0 Å².